The van der Waals surface area contributed by atoms with Crippen molar-refractivity contribution in [1.82, 2.24) is 5.32 Å². The molecule has 0 fully saturated rings. The second-order valence-electron chi connectivity index (χ2n) is 6.98. The van der Waals surface area contributed by atoms with Gasteiger partial charge in [-0.3, -0.25) is 0 Å². The zero-order valence-electron chi connectivity index (χ0n) is 17.8. The lowest BCUT2D eigenvalue weighted by molar-refractivity contribution is 0.269. The third-order valence-corrected chi connectivity index (χ3v) is 5.93. The molecular weight excluding hydrogens is 478 g/mol. The maximum Gasteiger partial charge on any atom is 0.162 e. The Hall–Kier alpha value is -2.21. The molecule has 0 bridgehead atoms. The fourth-order valence-corrected chi connectivity index (χ4v) is 3.77. The van der Waals surface area contributed by atoms with Crippen LogP contribution in [0.1, 0.15) is 23.6 Å². The lowest BCUT2D eigenvalue weighted by Crippen LogP contribution is -2.17. The van der Waals surface area contributed by atoms with Crippen molar-refractivity contribution in [2.45, 2.75) is 26.5 Å². The highest BCUT2D eigenvalue weighted by molar-refractivity contribution is 9.10. The molecule has 0 amide bonds. The van der Waals surface area contributed by atoms with E-state index in [1.165, 1.54) is 5.56 Å². The summed E-state index contributed by atoms with van der Waals surface area (Å²) in [6.45, 7) is 4.50. The molecular formula is C25H27BrClNO3. The van der Waals surface area contributed by atoms with Crippen LogP contribution in [0.5, 0.6) is 17.2 Å². The van der Waals surface area contributed by atoms with Crippen LogP contribution >= 0.6 is 27.5 Å². The van der Waals surface area contributed by atoms with Crippen molar-refractivity contribution in [3.63, 3.8) is 0 Å². The number of hydrogen-bond donors (Lipinski definition) is 1. The Kier molecular flexibility index (Phi) is 9.07. The summed E-state index contributed by atoms with van der Waals surface area (Å²) in [5, 5.41) is 4.19. The Morgan fingerprint density at radius 2 is 1.68 bits per heavy atom. The first-order valence-electron chi connectivity index (χ1n) is 10.3. The van der Waals surface area contributed by atoms with E-state index in [0.29, 0.717) is 24.0 Å². The summed E-state index contributed by atoms with van der Waals surface area (Å²) in [5.74, 6) is 2.29. The average molecular weight is 505 g/mol. The van der Waals surface area contributed by atoms with E-state index in [4.69, 9.17) is 25.8 Å². The predicted molar refractivity (Wildman–Crippen MR) is 129 cm³/mol. The summed E-state index contributed by atoms with van der Waals surface area (Å²) in [5.41, 5.74) is 3.32. The Bertz CT molecular complexity index is 979. The lowest BCUT2D eigenvalue weighted by atomic mass is 10.1. The Morgan fingerprint density at radius 3 is 2.39 bits per heavy atom. The number of methoxy groups -OCH3 is 1. The maximum atomic E-state index is 6.24. The topological polar surface area (TPSA) is 39.7 Å². The summed E-state index contributed by atoms with van der Waals surface area (Å²) in [6, 6.07) is 19.8. The second kappa shape index (κ2) is 12.0. The number of hydrogen-bond acceptors (Lipinski definition) is 4. The molecule has 0 saturated carbocycles. The molecule has 0 aliphatic rings. The summed E-state index contributed by atoms with van der Waals surface area (Å²) in [6.07, 6.45) is 0.943. The molecule has 164 valence electrons. The molecule has 3 rings (SSSR count). The zero-order valence-corrected chi connectivity index (χ0v) is 20.1. The van der Waals surface area contributed by atoms with Crippen LogP contribution in [0.4, 0.5) is 0 Å². The van der Waals surface area contributed by atoms with Crippen LogP contribution < -0.4 is 19.5 Å². The molecule has 0 unspecified atom stereocenters. The van der Waals surface area contributed by atoms with Crippen LogP contribution in [0, 0.1) is 0 Å². The van der Waals surface area contributed by atoms with Crippen LogP contribution in [0.2, 0.25) is 5.02 Å². The van der Waals surface area contributed by atoms with E-state index in [1.54, 1.807) is 7.11 Å². The zero-order chi connectivity index (χ0) is 22.1. The molecule has 6 heteroatoms. The molecule has 0 saturated heterocycles. The molecule has 0 aliphatic carbocycles. The van der Waals surface area contributed by atoms with Gasteiger partial charge in [0.1, 0.15) is 12.4 Å². The highest BCUT2D eigenvalue weighted by Gasteiger charge is 2.12. The first kappa shape index (κ1) is 23.5. The minimum Gasteiger partial charge on any atom is -0.497 e. The highest BCUT2D eigenvalue weighted by atomic mass is 79.9. The van der Waals surface area contributed by atoms with E-state index in [9.17, 15) is 0 Å². The molecule has 0 radical (unpaired) electrons. The normalized spacial score (nSPS) is 10.7. The van der Waals surface area contributed by atoms with E-state index in [-0.39, 0.29) is 0 Å². The number of benzene rings is 3. The van der Waals surface area contributed by atoms with Crippen LogP contribution in [0.25, 0.3) is 0 Å². The van der Waals surface area contributed by atoms with Gasteiger partial charge in [0.15, 0.2) is 11.5 Å². The third kappa shape index (κ3) is 6.89. The van der Waals surface area contributed by atoms with Crippen molar-refractivity contribution in [2.24, 2.45) is 0 Å². The SMILES string of the molecule is CCOc1cc(CNCCc2ccc(OC)cc2)c(Br)cc1OCc1ccccc1Cl. The van der Waals surface area contributed by atoms with Gasteiger partial charge in [0.25, 0.3) is 0 Å². The Morgan fingerprint density at radius 1 is 0.935 bits per heavy atom. The summed E-state index contributed by atoms with van der Waals surface area (Å²) in [4.78, 5) is 0. The van der Waals surface area contributed by atoms with Crippen LogP contribution in [-0.2, 0) is 19.6 Å². The van der Waals surface area contributed by atoms with Gasteiger partial charge in [0.2, 0.25) is 0 Å². The fourth-order valence-electron chi connectivity index (χ4n) is 3.11. The summed E-state index contributed by atoms with van der Waals surface area (Å²) < 4.78 is 18.0. The van der Waals surface area contributed by atoms with Crippen molar-refractivity contribution in [1.29, 1.82) is 0 Å². The maximum absolute atomic E-state index is 6.24. The van der Waals surface area contributed by atoms with E-state index in [2.05, 4.69) is 33.4 Å². The van der Waals surface area contributed by atoms with Gasteiger partial charge in [-0.05, 0) is 61.3 Å². The van der Waals surface area contributed by atoms with E-state index in [0.717, 1.165) is 46.6 Å². The average Bonchev–Trinajstić information content (AvgIpc) is 2.79. The van der Waals surface area contributed by atoms with E-state index in [1.807, 2.05) is 55.5 Å². The van der Waals surface area contributed by atoms with Crippen LogP contribution in [-0.4, -0.2) is 20.3 Å². The van der Waals surface area contributed by atoms with Gasteiger partial charge in [0, 0.05) is 21.6 Å². The van der Waals surface area contributed by atoms with Gasteiger partial charge in [-0.1, -0.05) is 57.9 Å². The van der Waals surface area contributed by atoms with Gasteiger partial charge < -0.3 is 19.5 Å². The number of rotatable bonds is 11. The fraction of sp³-hybridized carbons (Fsp3) is 0.280. The predicted octanol–water partition coefficient (Wildman–Crippen LogP) is 6.42. The molecule has 31 heavy (non-hydrogen) atoms. The lowest BCUT2D eigenvalue weighted by Gasteiger charge is -2.16. The van der Waals surface area contributed by atoms with E-state index >= 15 is 0 Å². The quantitative estimate of drug-likeness (QED) is 0.306. The summed E-state index contributed by atoms with van der Waals surface area (Å²) >= 11 is 9.91. The first-order valence-corrected chi connectivity index (χ1v) is 11.4. The van der Waals surface area contributed by atoms with E-state index < -0.39 is 0 Å². The van der Waals surface area contributed by atoms with Gasteiger partial charge in [-0.2, -0.15) is 0 Å². The van der Waals surface area contributed by atoms with Gasteiger partial charge >= 0.3 is 0 Å². The molecule has 0 aliphatic heterocycles. The molecule has 4 nitrogen and oxygen atoms in total. The Balaban J connectivity index is 1.60. The van der Waals surface area contributed by atoms with Gasteiger partial charge in [0.05, 0.1) is 13.7 Å². The highest BCUT2D eigenvalue weighted by Crippen LogP contribution is 2.35. The molecule has 0 spiro atoms. The standard InChI is InChI=1S/C25H27BrClNO3/c1-3-30-24-14-20(16-28-13-12-18-8-10-21(29-2)11-9-18)22(26)15-25(24)31-17-19-6-4-5-7-23(19)27/h4-11,14-15,28H,3,12-13,16-17H2,1-2H3. The van der Waals surface area contributed by atoms with Gasteiger partial charge in [-0.25, -0.2) is 0 Å². The molecule has 0 aromatic heterocycles. The largest absolute Gasteiger partial charge is 0.497 e. The molecule has 0 atom stereocenters. The van der Waals surface area contributed by atoms with Crippen LogP contribution in [0.15, 0.2) is 65.1 Å². The molecule has 3 aromatic carbocycles. The number of nitrogens with one attached hydrogen (secondary N) is 1. The van der Waals surface area contributed by atoms with Crippen molar-refractivity contribution in [2.75, 3.05) is 20.3 Å². The minimum absolute atomic E-state index is 0.381. The third-order valence-electron chi connectivity index (χ3n) is 4.82. The van der Waals surface area contributed by atoms with Gasteiger partial charge in [-0.15, -0.1) is 0 Å². The second-order valence-corrected chi connectivity index (χ2v) is 8.24. The monoisotopic (exact) mass is 503 g/mol. The van der Waals surface area contributed by atoms with Crippen molar-refractivity contribution in [3.05, 3.63) is 86.8 Å². The van der Waals surface area contributed by atoms with Crippen molar-refractivity contribution in [3.8, 4) is 17.2 Å². The summed E-state index contributed by atoms with van der Waals surface area (Å²) in [7, 11) is 1.68. The molecule has 1 N–H and O–H groups in total. The minimum atomic E-state index is 0.381. The number of ether oxygens (including phenoxy) is 3. The molecule has 3 aromatic rings. The first-order chi connectivity index (χ1) is 15.1. The Labute approximate surface area is 197 Å². The smallest absolute Gasteiger partial charge is 0.162 e. The van der Waals surface area contributed by atoms with Crippen LogP contribution in [0.3, 0.4) is 0 Å². The van der Waals surface area contributed by atoms with Crippen molar-refractivity contribution < 1.29 is 14.2 Å². The van der Waals surface area contributed by atoms with Crippen molar-refractivity contribution >= 4 is 27.5 Å². The molecule has 0 heterocycles. The number of halogens is 2.